The predicted molar refractivity (Wildman–Crippen MR) is 87.5 cm³/mol. The molecule has 10 heteroatoms. The van der Waals surface area contributed by atoms with Crippen LogP contribution < -0.4 is 0 Å². The van der Waals surface area contributed by atoms with Crippen molar-refractivity contribution in [1.29, 1.82) is 0 Å². The summed E-state index contributed by atoms with van der Waals surface area (Å²) < 4.78 is 0. The molecule has 0 bridgehead atoms. The van der Waals surface area contributed by atoms with E-state index in [2.05, 4.69) is 0 Å². The molecule has 0 aliphatic carbocycles. The molecule has 0 heterocycles. The molecule has 2 aromatic carbocycles. The fourth-order valence-electron chi connectivity index (χ4n) is 2.63. The second kappa shape index (κ2) is 7.38. The molecule has 0 aliphatic rings. The molecule has 10 nitrogen and oxygen atoms in total. The molecule has 0 aliphatic heterocycles. The fourth-order valence-corrected chi connectivity index (χ4v) is 2.63. The fraction of sp³-hybridized carbons (Fsp3) is 0.125. The maximum absolute atomic E-state index is 11.2. The van der Waals surface area contributed by atoms with Gasteiger partial charge in [0.25, 0.3) is 11.4 Å². The molecule has 0 fully saturated rings. The lowest BCUT2D eigenvalue weighted by Crippen LogP contribution is -2.08. The Morgan fingerprint density at radius 3 is 1.38 bits per heavy atom. The van der Waals surface area contributed by atoms with Gasteiger partial charge < -0.3 is 10.2 Å². The summed E-state index contributed by atoms with van der Waals surface area (Å²) in [7, 11) is 0. The van der Waals surface area contributed by atoms with Gasteiger partial charge in [-0.25, -0.2) is 9.59 Å². The highest BCUT2D eigenvalue weighted by Gasteiger charge is 2.26. The molecule has 2 rings (SSSR count). The molecule has 0 aromatic heterocycles. The number of carboxylic acids is 2. The molecular weight excluding hydrogens is 348 g/mol. The number of aromatic carboxylic acids is 2. The third-order valence-electron chi connectivity index (χ3n) is 3.73. The second-order valence-corrected chi connectivity index (χ2v) is 5.25. The van der Waals surface area contributed by atoms with E-state index in [-0.39, 0.29) is 24.0 Å². The summed E-state index contributed by atoms with van der Waals surface area (Å²) in [5, 5.41) is 40.6. The first-order chi connectivity index (χ1) is 12.2. The standard InChI is InChI=1S/C16H12N2O8/c19-15(20)11-5-1-3-9(13(11)17(23)24)7-8-10-4-2-6-12(16(21)22)14(10)18(25)26/h1-6H,7-8H2,(H,19,20)(H,21,22). The van der Waals surface area contributed by atoms with Crippen molar-refractivity contribution in [3.63, 3.8) is 0 Å². The Morgan fingerprint density at radius 2 is 1.12 bits per heavy atom. The van der Waals surface area contributed by atoms with Crippen LogP contribution in [0, 0.1) is 20.2 Å². The van der Waals surface area contributed by atoms with Gasteiger partial charge in [0.2, 0.25) is 0 Å². The van der Waals surface area contributed by atoms with Gasteiger partial charge in [0.05, 0.1) is 9.85 Å². The number of nitrogens with zero attached hydrogens (tertiary/aromatic N) is 2. The first-order valence-electron chi connectivity index (χ1n) is 7.23. The number of aryl methyl sites for hydroxylation is 2. The van der Waals surface area contributed by atoms with Gasteiger partial charge in [-0.3, -0.25) is 20.2 Å². The highest BCUT2D eigenvalue weighted by molar-refractivity contribution is 5.93. The first-order valence-corrected chi connectivity index (χ1v) is 7.23. The summed E-state index contributed by atoms with van der Waals surface area (Å²) in [6, 6.07) is 7.59. The van der Waals surface area contributed by atoms with Crippen LogP contribution in [0.25, 0.3) is 0 Å². The molecule has 0 unspecified atom stereocenters. The maximum atomic E-state index is 11.2. The van der Waals surface area contributed by atoms with E-state index in [1.807, 2.05) is 0 Å². The summed E-state index contributed by atoms with van der Waals surface area (Å²) in [6.45, 7) is 0. The van der Waals surface area contributed by atoms with Gasteiger partial charge in [-0.15, -0.1) is 0 Å². The topological polar surface area (TPSA) is 161 Å². The highest BCUT2D eigenvalue weighted by atomic mass is 16.6. The van der Waals surface area contributed by atoms with Crippen molar-refractivity contribution in [3.05, 3.63) is 78.9 Å². The van der Waals surface area contributed by atoms with Crippen LogP contribution in [0.4, 0.5) is 11.4 Å². The minimum Gasteiger partial charge on any atom is -0.477 e. The average Bonchev–Trinajstić information content (AvgIpc) is 2.58. The van der Waals surface area contributed by atoms with E-state index in [0.29, 0.717) is 0 Å². The Hall–Kier alpha value is -3.82. The van der Waals surface area contributed by atoms with Crippen LogP contribution in [-0.2, 0) is 12.8 Å². The van der Waals surface area contributed by atoms with Crippen LogP contribution in [0.1, 0.15) is 31.8 Å². The van der Waals surface area contributed by atoms with Crippen LogP contribution >= 0.6 is 0 Å². The van der Waals surface area contributed by atoms with E-state index < -0.39 is 44.3 Å². The lowest BCUT2D eigenvalue weighted by Gasteiger charge is -2.07. The van der Waals surface area contributed by atoms with Crippen LogP contribution in [0.5, 0.6) is 0 Å². The van der Waals surface area contributed by atoms with Crippen molar-refractivity contribution >= 4 is 23.3 Å². The summed E-state index contributed by atoms with van der Waals surface area (Å²) in [4.78, 5) is 43.1. The zero-order valence-electron chi connectivity index (χ0n) is 13.1. The molecule has 134 valence electrons. The van der Waals surface area contributed by atoms with Gasteiger partial charge in [-0.1, -0.05) is 24.3 Å². The number of benzene rings is 2. The van der Waals surface area contributed by atoms with Gasteiger partial charge in [-0.05, 0) is 25.0 Å². The highest BCUT2D eigenvalue weighted by Crippen LogP contribution is 2.29. The zero-order valence-corrected chi connectivity index (χ0v) is 13.1. The zero-order chi connectivity index (χ0) is 19.4. The average molecular weight is 360 g/mol. The molecular formula is C16H12N2O8. The quantitative estimate of drug-likeness (QED) is 0.562. The lowest BCUT2D eigenvalue weighted by atomic mass is 9.97. The van der Waals surface area contributed by atoms with Crippen molar-refractivity contribution in [2.75, 3.05) is 0 Å². The van der Waals surface area contributed by atoms with Crippen molar-refractivity contribution in [1.82, 2.24) is 0 Å². The summed E-state index contributed by atoms with van der Waals surface area (Å²) in [5.74, 6) is -2.92. The van der Waals surface area contributed by atoms with Gasteiger partial charge in [-0.2, -0.15) is 0 Å². The summed E-state index contributed by atoms with van der Waals surface area (Å²) >= 11 is 0. The summed E-state index contributed by atoms with van der Waals surface area (Å²) in [6.07, 6.45) is -0.136. The Bertz CT molecular complexity index is 847. The predicted octanol–water partition coefficient (Wildman–Crippen LogP) is 2.68. The van der Waals surface area contributed by atoms with Crippen molar-refractivity contribution < 1.29 is 29.6 Å². The molecule has 0 saturated heterocycles. The molecule has 0 saturated carbocycles. The van der Waals surface area contributed by atoms with Gasteiger partial charge in [0, 0.05) is 11.1 Å². The van der Waals surface area contributed by atoms with Crippen molar-refractivity contribution in [3.8, 4) is 0 Å². The molecule has 0 atom stereocenters. The number of carboxylic acid groups (broad SMARTS) is 2. The first kappa shape index (κ1) is 18.5. The largest absolute Gasteiger partial charge is 0.477 e. The van der Waals surface area contributed by atoms with E-state index in [9.17, 15) is 29.8 Å². The van der Waals surface area contributed by atoms with Crippen molar-refractivity contribution in [2.45, 2.75) is 12.8 Å². The number of para-hydroxylation sites is 2. The number of nitro benzene ring substituents is 2. The van der Waals surface area contributed by atoms with E-state index in [1.54, 1.807) is 0 Å². The Balaban J connectivity index is 2.45. The normalized spacial score (nSPS) is 10.3. The van der Waals surface area contributed by atoms with E-state index in [0.717, 1.165) is 12.1 Å². The molecule has 0 amide bonds. The minimum absolute atomic E-state index is 0.0681. The minimum atomic E-state index is -1.46. The Labute approximate surface area is 145 Å². The summed E-state index contributed by atoms with van der Waals surface area (Å²) in [5.41, 5.74) is -1.97. The van der Waals surface area contributed by atoms with Crippen LogP contribution in [0.2, 0.25) is 0 Å². The number of hydrogen-bond acceptors (Lipinski definition) is 6. The van der Waals surface area contributed by atoms with Gasteiger partial charge >= 0.3 is 11.9 Å². The van der Waals surface area contributed by atoms with Crippen LogP contribution in [0.3, 0.4) is 0 Å². The third kappa shape index (κ3) is 3.64. The molecule has 2 aromatic rings. The Kier molecular flexibility index (Phi) is 5.26. The maximum Gasteiger partial charge on any atom is 0.342 e. The van der Waals surface area contributed by atoms with E-state index >= 15 is 0 Å². The smallest absolute Gasteiger partial charge is 0.342 e. The Morgan fingerprint density at radius 1 is 0.769 bits per heavy atom. The number of carbonyl (C=O) groups is 2. The monoisotopic (exact) mass is 360 g/mol. The molecule has 2 N–H and O–H groups in total. The SMILES string of the molecule is O=C(O)c1cccc(CCc2cccc(C(=O)O)c2[N+](=O)[O-])c1[N+](=O)[O-]. The second-order valence-electron chi connectivity index (χ2n) is 5.25. The number of rotatable bonds is 7. The van der Waals surface area contributed by atoms with Crippen LogP contribution in [-0.4, -0.2) is 32.0 Å². The third-order valence-corrected chi connectivity index (χ3v) is 3.73. The molecule has 0 radical (unpaired) electrons. The van der Waals surface area contributed by atoms with E-state index in [1.165, 1.54) is 24.3 Å². The molecule has 26 heavy (non-hydrogen) atoms. The van der Waals surface area contributed by atoms with Crippen molar-refractivity contribution in [2.24, 2.45) is 0 Å². The van der Waals surface area contributed by atoms with Gasteiger partial charge in [0.1, 0.15) is 11.1 Å². The lowest BCUT2D eigenvalue weighted by molar-refractivity contribution is -0.386. The number of hydrogen-bond donors (Lipinski definition) is 2. The van der Waals surface area contributed by atoms with E-state index in [4.69, 9.17) is 10.2 Å². The number of nitro groups is 2. The van der Waals surface area contributed by atoms with Gasteiger partial charge in [0.15, 0.2) is 0 Å². The van der Waals surface area contributed by atoms with Crippen LogP contribution in [0.15, 0.2) is 36.4 Å². The molecule has 0 spiro atoms.